The normalized spacial score (nSPS) is 11.6. The third-order valence-corrected chi connectivity index (χ3v) is 4.48. The Hall–Kier alpha value is -2.82. The average molecular weight is 368 g/mol. The Morgan fingerprint density at radius 1 is 1.04 bits per heavy atom. The molecular weight excluding hydrogens is 340 g/mol. The lowest BCUT2D eigenvalue weighted by Crippen LogP contribution is -2.35. The second kappa shape index (κ2) is 9.76. The molecule has 0 bridgehead atoms. The number of esters is 1. The maximum Gasteiger partial charge on any atom is 0.340 e. The van der Waals surface area contributed by atoms with E-state index in [4.69, 9.17) is 4.74 Å². The molecule has 0 aliphatic rings. The number of hydrogen-bond acceptors (Lipinski definition) is 4. The largest absolute Gasteiger partial charge is 0.452 e. The molecule has 1 amide bonds. The van der Waals surface area contributed by atoms with E-state index in [-0.39, 0.29) is 18.6 Å². The van der Waals surface area contributed by atoms with Crippen LogP contribution in [0.2, 0.25) is 0 Å². The topological polar surface area (TPSA) is 67.4 Å². The predicted molar refractivity (Wildman–Crippen MR) is 108 cm³/mol. The fourth-order valence-corrected chi connectivity index (χ4v) is 2.83. The second-order valence-electron chi connectivity index (χ2n) is 6.75. The quantitative estimate of drug-likeness (QED) is 0.673. The molecule has 0 spiro atoms. The number of ether oxygens (including phenoxy) is 1. The molecule has 2 rings (SSSR count). The van der Waals surface area contributed by atoms with Crippen molar-refractivity contribution >= 4 is 23.3 Å². The number of nitrogens with one attached hydrogen (secondary N) is 2. The number of carbonyl (C=O) groups excluding carboxylic acids is 2. The maximum absolute atomic E-state index is 12.5. The number of anilines is 2. The Kier molecular flexibility index (Phi) is 7.41. The smallest absolute Gasteiger partial charge is 0.340 e. The van der Waals surface area contributed by atoms with E-state index in [9.17, 15) is 9.59 Å². The number of benzene rings is 2. The first-order chi connectivity index (χ1) is 12.9. The van der Waals surface area contributed by atoms with Crippen LogP contribution in [-0.4, -0.2) is 24.5 Å². The van der Waals surface area contributed by atoms with Gasteiger partial charge < -0.3 is 15.4 Å². The second-order valence-corrected chi connectivity index (χ2v) is 6.75. The zero-order valence-corrected chi connectivity index (χ0v) is 16.5. The van der Waals surface area contributed by atoms with Crippen molar-refractivity contribution in [3.05, 3.63) is 59.2 Å². The SMILES string of the molecule is CCC[C@@H](C)NC(=O)COC(=O)c1ccccc1Nc1cccc(C)c1C. The first-order valence-electron chi connectivity index (χ1n) is 9.31. The fourth-order valence-electron chi connectivity index (χ4n) is 2.83. The van der Waals surface area contributed by atoms with Crippen LogP contribution in [0.25, 0.3) is 0 Å². The lowest BCUT2D eigenvalue weighted by Gasteiger charge is -2.15. The highest BCUT2D eigenvalue weighted by Gasteiger charge is 2.16. The highest BCUT2D eigenvalue weighted by Crippen LogP contribution is 2.25. The van der Waals surface area contributed by atoms with Gasteiger partial charge in [0.15, 0.2) is 6.61 Å². The Morgan fingerprint density at radius 3 is 2.48 bits per heavy atom. The van der Waals surface area contributed by atoms with Crippen molar-refractivity contribution in [1.82, 2.24) is 5.32 Å². The first-order valence-corrected chi connectivity index (χ1v) is 9.31. The van der Waals surface area contributed by atoms with Gasteiger partial charge in [-0.1, -0.05) is 37.6 Å². The number of carbonyl (C=O) groups is 2. The molecule has 1 atom stereocenters. The van der Waals surface area contributed by atoms with E-state index in [1.165, 1.54) is 0 Å². The maximum atomic E-state index is 12.5. The summed E-state index contributed by atoms with van der Waals surface area (Å²) in [4.78, 5) is 24.4. The minimum absolute atomic E-state index is 0.0689. The zero-order chi connectivity index (χ0) is 19.8. The molecule has 2 aromatic rings. The lowest BCUT2D eigenvalue weighted by molar-refractivity contribution is -0.124. The molecule has 0 fully saturated rings. The molecule has 2 N–H and O–H groups in total. The minimum atomic E-state index is -0.526. The van der Waals surface area contributed by atoms with Crippen molar-refractivity contribution in [3.63, 3.8) is 0 Å². The summed E-state index contributed by atoms with van der Waals surface area (Å²) >= 11 is 0. The van der Waals surface area contributed by atoms with Gasteiger partial charge in [-0.15, -0.1) is 0 Å². The van der Waals surface area contributed by atoms with Crippen molar-refractivity contribution in [2.45, 2.75) is 46.6 Å². The number of hydrogen-bond donors (Lipinski definition) is 2. The van der Waals surface area contributed by atoms with Crippen LogP contribution >= 0.6 is 0 Å². The van der Waals surface area contributed by atoms with E-state index in [1.807, 2.05) is 51.1 Å². The van der Waals surface area contributed by atoms with Crippen LogP contribution < -0.4 is 10.6 Å². The van der Waals surface area contributed by atoms with Crippen molar-refractivity contribution in [2.24, 2.45) is 0 Å². The van der Waals surface area contributed by atoms with E-state index < -0.39 is 5.97 Å². The molecule has 0 saturated carbocycles. The van der Waals surface area contributed by atoms with Crippen LogP contribution in [0.15, 0.2) is 42.5 Å². The van der Waals surface area contributed by atoms with Gasteiger partial charge in [0.25, 0.3) is 5.91 Å². The fraction of sp³-hybridized carbons (Fsp3) is 0.364. The van der Waals surface area contributed by atoms with Crippen LogP contribution in [0.5, 0.6) is 0 Å². The van der Waals surface area contributed by atoms with Crippen LogP contribution in [-0.2, 0) is 9.53 Å². The van der Waals surface area contributed by atoms with Crippen LogP contribution in [0, 0.1) is 13.8 Å². The molecule has 144 valence electrons. The number of aryl methyl sites for hydroxylation is 1. The molecule has 0 unspecified atom stereocenters. The summed E-state index contributed by atoms with van der Waals surface area (Å²) in [6, 6.07) is 13.2. The van der Waals surface area contributed by atoms with Gasteiger partial charge in [-0.2, -0.15) is 0 Å². The molecule has 5 nitrogen and oxygen atoms in total. The van der Waals surface area contributed by atoms with Crippen molar-refractivity contribution in [1.29, 1.82) is 0 Å². The molecule has 0 saturated heterocycles. The zero-order valence-electron chi connectivity index (χ0n) is 16.5. The molecule has 0 aromatic heterocycles. The van der Waals surface area contributed by atoms with Crippen molar-refractivity contribution in [3.8, 4) is 0 Å². The molecule has 27 heavy (non-hydrogen) atoms. The Balaban J connectivity index is 2.05. The highest BCUT2D eigenvalue weighted by molar-refractivity contribution is 5.97. The van der Waals surface area contributed by atoms with E-state index in [1.54, 1.807) is 12.1 Å². The summed E-state index contributed by atoms with van der Waals surface area (Å²) in [5, 5.41) is 6.12. The van der Waals surface area contributed by atoms with E-state index in [0.717, 1.165) is 29.7 Å². The summed E-state index contributed by atoms with van der Waals surface area (Å²) in [6.45, 7) is 7.78. The molecule has 0 heterocycles. The number of para-hydroxylation sites is 1. The monoisotopic (exact) mass is 368 g/mol. The molecular formula is C22H28N2O3. The third-order valence-electron chi connectivity index (χ3n) is 4.48. The summed E-state index contributed by atoms with van der Waals surface area (Å²) < 4.78 is 5.21. The lowest BCUT2D eigenvalue weighted by atomic mass is 10.1. The predicted octanol–water partition coefficient (Wildman–Crippen LogP) is 4.51. The van der Waals surface area contributed by atoms with Gasteiger partial charge in [-0.3, -0.25) is 4.79 Å². The van der Waals surface area contributed by atoms with Crippen LogP contribution in [0.1, 0.15) is 48.2 Å². The Labute approximate surface area is 161 Å². The summed E-state index contributed by atoms with van der Waals surface area (Å²) in [7, 11) is 0. The van der Waals surface area contributed by atoms with Gasteiger partial charge >= 0.3 is 5.97 Å². The summed E-state index contributed by atoms with van der Waals surface area (Å²) in [6.07, 6.45) is 1.88. The van der Waals surface area contributed by atoms with Gasteiger partial charge in [0.2, 0.25) is 0 Å². The van der Waals surface area contributed by atoms with Gasteiger partial charge in [-0.05, 0) is 56.5 Å². The Bertz CT molecular complexity index is 802. The standard InChI is InChI=1S/C22H28N2O3/c1-5-9-16(3)23-21(25)14-27-22(26)18-11-6-7-12-20(18)24-19-13-8-10-15(2)17(19)4/h6-8,10-13,16,24H,5,9,14H2,1-4H3,(H,23,25)/t16-/m1/s1. The van der Waals surface area contributed by atoms with Gasteiger partial charge in [0.1, 0.15) is 0 Å². The van der Waals surface area contributed by atoms with E-state index >= 15 is 0 Å². The number of amides is 1. The Morgan fingerprint density at radius 2 is 1.74 bits per heavy atom. The average Bonchev–Trinajstić information content (AvgIpc) is 2.64. The highest BCUT2D eigenvalue weighted by atomic mass is 16.5. The van der Waals surface area contributed by atoms with Gasteiger partial charge in [0.05, 0.1) is 11.3 Å². The summed E-state index contributed by atoms with van der Waals surface area (Å²) in [5.74, 6) is -0.814. The molecule has 0 radical (unpaired) electrons. The van der Waals surface area contributed by atoms with Crippen LogP contribution in [0.3, 0.4) is 0 Å². The van der Waals surface area contributed by atoms with E-state index in [0.29, 0.717) is 11.3 Å². The van der Waals surface area contributed by atoms with Crippen LogP contribution in [0.4, 0.5) is 11.4 Å². The van der Waals surface area contributed by atoms with Crippen molar-refractivity contribution < 1.29 is 14.3 Å². The minimum Gasteiger partial charge on any atom is -0.452 e. The molecule has 5 heteroatoms. The van der Waals surface area contributed by atoms with Gasteiger partial charge in [-0.25, -0.2) is 4.79 Å². The number of rotatable bonds is 8. The van der Waals surface area contributed by atoms with E-state index in [2.05, 4.69) is 17.6 Å². The summed E-state index contributed by atoms with van der Waals surface area (Å²) in [5.41, 5.74) is 4.26. The van der Waals surface area contributed by atoms with Gasteiger partial charge in [0, 0.05) is 11.7 Å². The first kappa shape index (κ1) is 20.5. The molecule has 2 aromatic carbocycles. The third kappa shape index (κ3) is 5.84. The molecule has 0 aliphatic heterocycles. The molecule has 0 aliphatic carbocycles. The van der Waals surface area contributed by atoms with Crippen molar-refractivity contribution in [2.75, 3.05) is 11.9 Å².